The first-order valence-corrected chi connectivity index (χ1v) is 15.7. The summed E-state index contributed by atoms with van der Waals surface area (Å²) in [6.07, 6.45) is 5.74. The summed E-state index contributed by atoms with van der Waals surface area (Å²) < 4.78 is 35.9. The number of ether oxygens (including phenoxy) is 6. The lowest BCUT2D eigenvalue weighted by atomic mass is 9.90. The average Bonchev–Trinajstić information content (AvgIpc) is 3.60. The van der Waals surface area contributed by atoms with E-state index in [-0.39, 0.29) is 35.5 Å². The third kappa shape index (κ3) is 10.5. The SMILES string of the molecule is CC(C[C@@H]1CO[C@@H]2[C@H](CC(C)OCCCCOc3ccc(C(=O)O)cc3)CO[C@H]12)OCCCCOc1ccc(C(=O)O)cc1. The summed E-state index contributed by atoms with van der Waals surface area (Å²) >= 11 is 0. The molecule has 0 radical (unpaired) electrons. The van der Waals surface area contributed by atoms with Crippen molar-refractivity contribution in [1.82, 2.24) is 0 Å². The highest BCUT2D eigenvalue weighted by molar-refractivity contribution is 5.88. The Labute approximate surface area is 259 Å². The van der Waals surface area contributed by atoms with E-state index in [0.29, 0.717) is 63.0 Å². The first-order chi connectivity index (χ1) is 21.3. The Morgan fingerprint density at radius 2 is 1.02 bits per heavy atom. The van der Waals surface area contributed by atoms with E-state index in [0.717, 1.165) is 38.5 Å². The molecule has 2 aromatic rings. The Hall–Kier alpha value is -3.18. The Morgan fingerprint density at radius 1 is 0.659 bits per heavy atom. The molecule has 44 heavy (non-hydrogen) atoms. The second-order valence-electron chi connectivity index (χ2n) is 11.7. The molecule has 242 valence electrons. The van der Waals surface area contributed by atoms with Crippen LogP contribution in [0.1, 0.15) is 73.1 Å². The van der Waals surface area contributed by atoms with Gasteiger partial charge in [0.2, 0.25) is 0 Å². The van der Waals surface area contributed by atoms with Gasteiger partial charge in [-0.1, -0.05) is 0 Å². The smallest absolute Gasteiger partial charge is 0.335 e. The van der Waals surface area contributed by atoms with E-state index >= 15 is 0 Å². The molecule has 10 nitrogen and oxygen atoms in total. The quantitative estimate of drug-likeness (QED) is 0.179. The Morgan fingerprint density at radius 3 is 1.39 bits per heavy atom. The molecule has 10 heteroatoms. The molecule has 2 aromatic carbocycles. The average molecular weight is 615 g/mol. The number of fused-ring (bicyclic) bond motifs is 1. The Kier molecular flexibility index (Phi) is 13.3. The van der Waals surface area contributed by atoms with Crippen LogP contribution in [-0.4, -0.2) is 86.2 Å². The van der Waals surface area contributed by atoms with Gasteiger partial charge in [-0.3, -0.25) is 0 Å². The molecule has 0 bridgehead atoms. The van der Waals surface area contributed by atoms with Crippen LogP contribution in [0.2, 0.25) is 0 Å². The zero-order chi connectivity index (χ0) is 31.3. The largest absolute Gasteiger partial charge is 0.494 e. The Balaban J connectivity index is 1.02. The third-order valence-corrected chi connectivity index (χ3v) is 8.15. The lowest BCUT2D eigenvalue weighted by Gasteiger charge is -2.21. The normalized spacial score (nSPS) is 22.3. The molecule has 0 saturated carbocycles. The lowest BCUT2D eigenvalue weighted by molar-refractivity contribution is 0.00951. The van der Waals surface area contributed by atoms with Crippen LogP contribution in [-0.2, 0) is 18.9 Å². The molecule has 0 amide bonds. The Bertz CT molecular complexity index is 1060. The molecule has 2 N–H and O–H groups in total. The number of carboxylic acid groups (broad SMARTS) is 2. The molecule has 6 atom stereocenters. The maximum absolute atomic E-state index is 10.9. The van der Waals surface area contributed by atoms with Crippen molar-refractivity contribution < 1.29 is 48.2 Å². The molecule has 0 aromatic heterocycles. The van der Waals surface area contributed by atoms with Gasteiger partial charge < -0.3 is 38.6 Å². The summed E-state index contributed by atoms with van der Waals surface area (Å²) in [6, 6.07) is 12.9. The zero-order valence-corrected chi connectivity index (χ0v) is 25.7. The zero-order valence-electron chi connectivity index (χ0n) is 25.7. The highest BCUT2D eigenvalue weighted by Gasteiger charge is 2.47. The summed E-state index contributed by atoms with van der Waals surface area (Å²) in [5.74, 6) is 0.100. The topological polar surface area (TPSA) is 130 Å². The van der Waals surface area contributed by atoms with Crippen LogP contribution in [0.4, 0.5) is 0 Å². The number of carbonyl (C=O) groups is 2. The summed E-state index contributed by atoms with van der Waals surface area (Å²) in [5.41, 5.74) is 0.495. The predicted octanol–water partition coefficient (Wildman–Crippen LogP) is 5.72. The van der Waals surface area contributed by atoms with Gasteiger partial charge in [-0.2, -0.15) is 0 Å². The van der Waals surface area contributed by atoms with E-state index in [9.17, 15) is 9.59 Å². The number of aromatic carboxylic acids is 2. The molecule has 0 aliphatic carbocycles. The maximum atomic E-state index is 10.9. The van der Waals surface area contributed by atoms with Gasteiger partial charge in [0.1, 0.15) is 11.5 Å². The molecular formula is C34H46O10. The van der Waals surface area contributed by atoms with Crippen LogP contribution in [0.15, 0.2) is 48.5 Å². The van der Waals surface area contributed by atoms with Gasteiger partial charge in [0.05, 0.1) is 62.0 Å². The van der Waals surface area contributed by atoms with Crippen molar-refractivity contribution in [2.45, 2.75) is 76.8 Å². The molecule has 0 spiro atoms. The van der Waals surface area contributed by atoms with E-state index < -0.39 is 11.9 Å². The number of benzene rings is 2. The summed E-state index contributed by atoms with van der Waals surface area (Å²) in [5, 5.41) is 17.9. The fraction of sp³-hybridized carbons (Fsp3) is 0.588. The first-order valence-electron chi connectivity index (χ1n) is 15.7. The van der Waals surface area contributed by atoms with Gasteiger partial charge in [0.15, 0.2) is 0 Å². The highest BCUT2D eigenvalue weighted by Crippen LogP contribution is 2.39. The minimum absolute atomic E-state index is 0.112. The lowest BCUT2D eigenvalue weighted by Crippen LogP contribution is -2.30. The fourth-order valence-electron chi connectivity index (χ4n) is 5.80. The van der Waals surface area contributed by atoms with Crippen LogP contribution in [0.5, 0.6) is 11.5 Å². The van der Waals surface area contributed by atoms with Gasteiger partial charge in [0.25, 0.3) is 0 Å². The minimum Gasteiger partial charge on any atom is -0.494 e. The van der Waals surface area contributed by atoms with Gasteiger partial charge in [-0.15, -0.1) is 0 Å². The summed E-state index contributed by atoms with van der Waals surface area (Å²) in [6.45, 7) is 8.05. The predicted molar refractivity (Wildman–Crippen MR) is 163 cm³/mol. The van der Waals surface area contributed by atoms with E-state index in [2.05, 4.69) is 13.8 Å². The molecule has 2 unspecified atom stereocenters. The van der Waals surface area contributed by atoms with E-state index in [4.69, 9.17) is 38.6 Å². The van der Waals surface area contributed by atoms with Gasteiger partial charge in [-0.05, 0) is 101 Å². The van der Waals surface area contributed by atoms with Crippen LogP contribution in [0.25, 0.3) is 0 Å². The van der Waals surface area contributed by atoms with E-state index in [1.165, 1.54) is 0 Å². The van der Waals surface area contributed by atoms with Crippen molar-refractivity contribution in [3.63, 3.8) is 0 Å². The standard InChI is InChI=1S/C34H46O10/c1-23(39-15-3-5-17-41-29-11-7-25(8-12-29)33(35)36)19-27-21-43-32-28(22-44-31(27)32)20-24(2)40-16-4-6-18-42-30-13-9-26(10-14-30)34(37)38/h7-14,23-24,27-28,31-32H,3-6,15-22H2,1-2H3,(H,35,36)(H,37,38)/t23?,24?,27-,28-,31-,32-/m1/s1. The highest BCUT2D eigenvalue weighted by atomic mass is 16.6. The van der Waals surface area contributed by atoms with Crippen molar-refractivity contribution in [3.05, 3.63) is 59.7 Å². The summed E-state index contributed by atoms with van der Waals surface area (Å²) in [7, 11) is 0. The van der Waals surface area contributed by atoms with Crippen LogP contribution in [0.3, 0.4) is 0 Å². The minimum atomic E-state index is -0.946. The number of hydrogen-bond acceptors (Lipinski definition) is 8. The summed E-state index contributed by atoms with van der Waals surface area (Å²) in [4.78, 5) is 21.9. The number of rotatable bonds is 20. The first kappa shape index (κ1) is 33.7. The second kappa shape index (κ2) is 17.3. The van der Waals surface area contributed by atoms with Crippen LogP contribution < -0.4 is 9.47 Å². The van der Waals surface area contributed by atoms with E-state index in [1.54, 1.807) is 48.5 Å². The maximum Gasteiger partial charge on any atom is 0.335 e. The van der Waals surface area contributed by atoms with Crippen molar-refractivity contribution in [3.8, 4) is 11.5 Å². The third-order valence-electron chi connectivity index (χ3n) is 8.15. The molecule has 2 aliphatic rings. The van der Waals surface area contributed by atoms with Gasteiger partial charge >= 0.3 is 11.9 Å². The van der Waals surface area contributed by atoms with Crippen LogP contribution in [0, 0.1) is 11.8 Å². The van der Waals surface area contributed by atoms with Crippen molar-refractivity contribution >= 4 is 11.9 Å². The fourth-order valence-corrected chi connectivity index (χ4v) is 5.80. The van der Waals surface area contributed by atoms with E-state index in [1.807, 2.05) is 0 Å². The van der Waals surface area contributed by atoms with Crippen molar-refractivity contribution in [2.75, 3.05) is 39.6 Å². The molecule has 2 saturated heterocycles. The van der Waals surface area contributed by atoms with Gasteiger partial charge in [0, 0.05) is 25.0 Å². The molecular weight excluding hydrogens is 568 g/mol. The number of hydrogen-bond donors (Lipinski definition) is 2. The molecule has 4 rings (SSSR count). The number of carboxylic acids is 2. The monoisotopic (exact) mass is 614 g/mol. The van der Waals surface area contributed by atoms with Crippen molar-refractivity contribution in [2.24, 2.45) is 11.8 Å². The number of unbranched alkanes of at least 4 members (excludes halogenated alkanes) is 2. The molecule has 2 fully saturated rings. The van der Waals surface area contributed by atoms with Crippen molar-refractivity contribution in [1.29, 1.82) is 0 Å². The van der Waals surface area contributed by atoms with Crippen LogP contribution >= 0.6 is 0 Å². The van der Waals surface area contributed by atoms with Gasteiger partial charge in [-0.25, -0.2) is 9.59 Å². The molecule has 2 heterocycles. The molecule has 2 aliphatic heterocycles. The second-order valence-corrected chi connectivity index (χ2v) is 11.7.